The van der Waals surface area contributed by atoms with Crippen molar-refractivity contribution in [3.8, 4) is 0 Å². The monoisotopic (exact) mass is 374 g/mol. The molecule has 0 radical (unpaired) electrons. The van der Waals surface area contributed by atoms with Crippen molar-refractivity contribution >= 4 is 34.5 Å². The zero-order valence-corrected chi connectivity index (χ0v) is 15.5. The summed E-state index contributed by atoms with van der Waals surface area (Å²) in [5.74, 6) is -0.0786. The minimum absolute atomic E-state index is 0.00637. The van der Waals surface area contributed by atoms with Gasteiger partial charge in [-0.15, -0.1) is 0 Å². The summed E-state index contributed by atoms with van der Waals surface area (Å²) in [6.07, 6.45) is 6.51. The molecule has 2 aromatic carbocycles. The van der Waals surface area contributed by atoms with Gasteiger partial charge in [-0.3, -0.25) is 14.7 Å². The minimum Gasteiger partial charge on any atom is -0.339 e. The minimum atomic E-state index is -0.0813. The number of nitrogens with one attached hydrogen (secondary N) is 2. The van der Waals surface area contributed by atoms with Gasteiger partial charge in [0.25, 0.3) is 0 Å². The number of benzene rings is 2. The number of anilines is 1. The molecule has 2 N–H and O–H groups in total. The van der Waals surface area contributed by atoms with Crippen LogP contribution in [0.15, 0.2) is 60.8 Å². The average molecular weight is 374 g/mol. The summed E-state index contributed by atoms with van der Waals surface area (Å²) in [6, 6.07) is 15.4. The fourth-order valence-electron chi connectivity index (χ4n) is 3.46. The molecule has 0 unspecified atom stereocenters. The molecule has 0 spiro atoms. The first kappa shape index (κ1) is 18.0. The van der Waals surface area contributed by atoms with Gasteiger partial charge in [0.05, 0.1) is 11.7 Å². The third-order valence-electron chi connectivity index (χ3n) is 5.10. The van der Waals surface area contributed by atoms with Crippen LogP contribution in [0.2, 0.25) is 0 Å². The van der Waals surface area contributed by atoms with Gasteiger partial charge < -0.3 is 10.2 Å². The number of H-pyrrole nitrogens is 1. The molecule has 0 saturated carbocycles. The molecule has 3 aromatic rings. The predicted octanol–water partition coefficient (Wildman–Crippen LogP) is 3.45. The Balaban J connectivity index is 1.30. The van der Waals surface area contributed by atoms with E-state index in [1.165, 1.54) is 0 Å². The van der Waals surface area contributed by atoms with E-state index in [4.69, 9.17) is 0 Å². The van der Waals surface area contributed by atoms with E-state index in [1.54, 1.807) is 17.2 Å². The molecule has 1 fully saturated rings. The van der Waals surface area contributed by atoms with Gasteiger partial charge in [-0.05, 0) is 42.7 Å². The largest absolute Gasteiger partial charge is 0.339 e. The molecule has 4 rings (SSSR count). The van der Waals surface area contributed by atoms with Gasteiger partial charge in [-0.2, -0.15) is 5.10 Å². The molecule has 1 aliphatic heterocycles. The van der Waals surface area contributed by atoms with Gasteiger partial charge in [0.1, 0.15) is 0 Å². The first-order chi connectivity index (χ1) is 13.7. The first-order valence-corrected chi connectivity index (χ1v) is 9.45. The van der Waals surface area contributed by atoms with E-state index in [0.29, 0.717) is 25.9 Å². The fraction of sp³-hybridized carbons (Fsp3) is 0.227. The first-order valence-electron chi connectivity index (χ1n) is 9.45. The Labute approximate surface area is 163 Å². The van der Waals surface area contributed by atoms with Crippen LogP contribution in [0, 0.1) is 5.92 Å². The molecule has 142 valence electrons. The lowest BCUT2D eigenvalue weighted by Crippen LogP contribution is -2.40. The number of likely N-dealkylation sites (tertiary alicyclic amines) is 1. The Morgan fingerprint density at radius 3 is 2.68 bits per heavy atom. The van der Waals surface area contributed by atoms with Crippen molar-refractivity contribution in [2.45, 2.75) is 12.8 Å². The number of piperidine rings is 1. The normalized spacial score (nSPS) is 15.2. The van der Waals surface area contributed by atoms with Crippen molar-refractivity contribution in [2.75, 3.05) is 18.4 Å². The van der Waals surface area contributed by atoms with Gasteiger partial charge in [0, 0.05) is 36.2 Å². The van der Waals surface area contributed by atoms with Crippen molar-refractivity contribution in [3.63, 3.8) is 0 Å². The number of hydrogen-bond donors (Lipinski definition) is 2. The molecule has 2 amide bonds. The lowest BCUT2D eigenvalue weighted by atomic mass is 9.95. The number of rotatable bonds is 4. The van der Waals surface area contributed by atoms with Crippen LogP contribution >= 0.6 is 0 Å². The molecule has 0 bridgehead atoms. The van der Waals surface area contributed by atoms with Crippen LogP contribution < -0.4 is 5.32 Å². The van der Waals surface area contributed by atoms with Crippen molar-refractivity contribution in [1.82, 2.24) is 15.1 Å². The summed E-state index contributed by atoms with van der Waals surface area (Å²) in [5, 5.41) is 10.8. The van der Waals surface area contributed by atoms with Crippen molar-refractivity contribution in [2.24, 2.45) is 5.92 Å². The van der Waals surface area contributed by atoms with Crippen molar-refractivity contribution < 1.29 is 9.59 Å². The van der Waals surface area contributed by atoms with Crippen LogP contribution in [0.4, 0.5) is 5.69 Å². The van der Waals surface area contributed by atoms with Crippen LogP contribution in [0.25, 0.3) is 17.0 Å². The van der Waals surface area contributed by atoms with Gasteiger partial charge in [-0.25, -0.2) is 0 Å². The summed E-state index contributed by atoms with van der Waals surface area (Å²) < 4.78 is 0. The summed E-state index contributed by atoms with van der Waals surface area (Å²) in [4.78, 5) is 26.8. The highest BCUT2D eigenvalue weighted by atomic mass is 16.2. The second-order valence-corrected chi connectivity index (χ2v) is 7.00. The van der Waals surface area contributed by atoms with Crippen LogP contribution in [0.1, 0.15) is 18.4 Å². The number of amides is 2. The Kier molecular flexibility index (Phi) is 5.19. The highest BCUT2D eigenvalue weighted by Gasteiger charge is 2.26. The third kappa shape index (κ3) is 4.11. The molecular weight excluding hydrogens is 352 g/mol. The third-order valence-corrected chi connectivity index (χ3v) is 5.10. The summed E-state index contributed by atoms with van der Waals surface area (Å²) in [6.45, 7) is 1.19. The van der Waals surface area contributed by atoms with Gasteiger partial charge in [0.2, 0.25) is 11.8 Å². The molecular formula is C22H22N4O2. The quantitative estimate of drug-likeness (QED) is 0.687. The number of nitrogens with zero attached hydrogens (tertiary/aromatic N) is 2. The molecule has 0 aliphatic carbocycles. The van der Waals surface area contributed by atoms with Crippen molar-refractivity contribution in [3.05, 3.63) is 66.4 Å². The maximum Gasteiger partial charge on any atom is 0.246 e. The lowest BCUT2D eigenvalue weighted by Gasteiger charge is -2.30. The molecule has 1 saturated heterocycles. The average Bonchev–Trinajstić information content (AvgIpc) is 3.21. The predicted molar refractivity (Wildman–Crippen MR) is 110 cm³/mol. The van der Waals surface area contributed by atoms with Gasteiger partial charge in [0.15, 0.2) is 0 Å². The fourth-order valence-corrected chi connectivity index (χ4v) is 3.46. The van der Waals surface area contributed by atoms with Crippen LogP contribution in [0.3, 0.4) is 0 Å². The second kappa shape index (κ2) is 8.08. The molecule has 28 heavy (non-hydrogen) atoms. The maximum atomic E-state index is 12.6. The highest BCUT2D eigenvalue weighted by molar-refractivity contribution is 5.95. The summed E-state index contributed by atoms with van der Waals surface area (Å²) >= 11 is 0. The number of aromatic amines is 1. The van der Waals surface area contributed by atoms with Crippen LogP contribution in [0.5, 0.6) is 0 Å². The number of fused-ring (bicyclic) bond motifs is 1. The topological polar surface area (TPSA) is 78.1 Å². The van der Waals surface area contributed by atoms with E-state index in [-0.39, 0.29) is 17.7 Å². The Bertz CT molecular complexity index is 1000. The zero-order valence-electron chi connectivity index (χ0n) is 15.5. The molecule has 6 heteroatoms. The standard InChI is InChI=1S/C22H22N4O2/c27-21(9-6-16-4-2-1-3-5-16)26-12-10-17(11-13-26)22(28)24-19-7-8-20-18(14-19)15-23-25-20/h1-9,14-15,17H,10-13H2,(H,23,25)(H,24,28)/b9-6+. The molecule has 1 aliphatic rings. The van der Waals surface area contributed by atoms with Crippen LogP contribution in [-0.2, 0) is 9.59 Å². The smallest absolute Gasteiger partial charge is 0.246 e. The van der Waals surface area contributed by atoms with E-state index in [2.05, 4.69) is 15.5 Å². The maximum absolute atomic E-state index is 12.6. The van der Waals surface area contributed by atoms with E-state index in [9.17, 15) is 9.59 Å². The van der Waals surface area contributed by atoms with Crippen LogP contribution in [-0.4, -0.2) is 40.0 Å². The Morgan fingerprint density at radius 2 is 1.89 bits per heavy atom. The summed E-state index contributed by atoms with van der Waals surface area (Å²) in [7, 11) is 0. The Hall–Kier alpha value is -3.41. The Morgan fingerprint density at radius 1 is 1.11 bits per heavy atom. The van der Waals surface area contributed by atoms with E-state index >= 15 is 0 Å². The SMILES string of the molecule is O=C(Nc1ccc2[nH]ncc2c1)C1CCN(C(=O)/C=C/c2ccccc2)CC1. The van der Waals surface area contributed by atoms with E-state index in [0.717, 1.165) is 22.2 Å². The molecule has 0 atom stereocenters. The van der Waals surface area contributed by atoms with E-state index < -0.39 is 0 Å². The zero-order chi connectivity index (χ0) is 19.3. The lowest BCUT2D eigenvalue weighted by molar-refractivity contribution is -0.130. The number of hydrogen-bond acceptors (Lipinski definition) is 3. The van der Waals surface area contributed by atoms with Crippen molar-refractivity contribution in [1.29, 1.82) is 0 Å². The number of carbonyl (C=O) groups is 2. The van der Waals surface area contributed by atoms with E-state index in [1.807, 2.05) is 54.6 Å². The number of aromatic nitrogens is 2. The molecule has 1 aromatic heterocycles. The highest BCUT2D eigenvalue weighted by Crippen LogP contribution is 2.22. The second-order valence-electron chi connectivity index (χ2n) is 7.00. The van der Waals surface area contributed by atoms with Gasteiger partial charge in [-0.1, -0.05) is 30.3 Å². The summed E-state index contributed by atoms with van der Waals surface area (Å²) in [5.41, 5.74) is 2.70. The molecule has 2 heterocycles. The van der Waals surface area contributed by atoms with Gasteiger partial charge >= 0.3 is 0 Å². The number of carbonyl (C=O) groups excluding carboxylic acids is 2. The molecule has 6 nitrogen and oxygen atoms in total.